The number of hydrogen-bond acceptors (Lipinski definition) is 8. The van der Waals surface area contributed by atoms with Crippen molar-refractivity contribution in [1.82, 2.24) is 9.80 Å². The Morgan fingerprint density at radius 2 is 1.58 bits per heavy atom. The fourth-order valence-electron chi connectivity index (χ4n) is 1.26. The molecule has 0 spiro atoms. The largest absolute Gasteiger partial charge is 0.480 e. The number of aliphatic carboxylic acids is 1. The Morgan fingerprint density at radius 3 is 2.05 bits per heavy atom. The molecule has 0 aliphatic rings. The van der Waals surface area contributed by atoms with Crippen molar-refractivity contribution in [3.63, 3.8) is 0 Å². The molecule has 0 unspecified atom stereocenters. The molecular weight excluding hydrogens is 260 g/mol. The van der Waals surface area contributed by atoms with E-state index in [0.29, 0.717) is 0 Å². The minimum Gasteiger partial charge on any atom is -0.480 e. The molecule has 4 N–H and O–H groups in total. The van der Waals surface area contributed by atoms with Crippen LogP contribution in [0.3, 0.4) is 0 Å². The van der Waals surface area contributed by atoms with Gasteiger partial charge in [0.15, 0.2) is 0 Å². The van der Waals surface area contributed by atoms with E-state index < -0.39 is 25.4 Å². The van der Waals surface area contributed by atoms with Crippen molar-refractivity contribution in [2.24, 2.45) is 0 Å². The molecule has 0 saturated heterocycles. The highest BCUT2D eigenvalue weighted by Crippen LogP contribution is 1.91. The van der Waals surface area contributed by atoms with E-state index in [1.165, 1.54) is 4.90 Å². The molecule has 0 fully saturated rings. The van der Waals surface area contributed by atoms with Crippen LogP contribution >= 0.6 is 0 Å². The molecule has 0 bridgehead atoms. The summed E-state index contributed by atoms with van der Waals surface area (Å²) in [6, 6.07) is 0. The normalized spacial score (nSPS) is 11.0. The third kappa shape index (κ3) is 9.33. The van der Waals surface area contributed by atoms with Gasteiger partial charge in [0.2, 0.25) is 0 Å². The van der Waals surface area contributed by atoms with Crippen molar-refractivity contribution in [3.8, 4) is 0 Å². The fraction of sp³-hybridized carbons (Fsp3) is 0.800. The van der Waals surface area contributed by atoms with Crippen LogP contribution in [0, 0.1) is 0 Å². The van der Waals surface area contributed by atoms with Crippen molar-refractivity contribution in [1.29, 1.82) is 0 Å². The maximum absolute atomic E-state index is 11.3. The third-order valence-electron chi connectivity index (χ3n) is 2.20. The summed E-state index contributed by atoms with van der Waals surface area (Å²) in [4.78, 5) is 24.2. The van der Waals surface area contributed by atoms with Crippen LogP contribution in [0.2, 0.25) is 0 Å². The van der Waals surface area contributed by atoms with Gasteiger partial charge in [0.25, 0.3) is 0 Å². The second-order valence-corrected chi connectivity index (χ2v) is 3.73. The summed E-state index contributed by atoms with van der Waals surface area (Å²) in [5, 5.41) is 34.8. The van der Waals surface area contributed by atoms with E-state index in [1.807, 2.05) is 0 Å². The Kier molecular flexibility index (Phi) is 9.94. The molecule has 0 radical (unpaired) electrons. The Labute approximate surface area is 110 Å². The zero-order valence-electron chi connectivity index (χ0n) is 10.6. The lowest BCUT2D eigenvalue weighted by molar-refractivity contribution is -0.148. The summed E-state index contributed by atoms with van der Waals surface area (Å²) in [7, 11) is 0. The molecule has 0 aromatic carbocycles. The van der Waals surface area contributed by atoms with Crippen LogP contribution in [0.1, 0.15) is 0 Å². The highest BCUT2D eigenvalue weighted by molar-refractivity contribution is 5.71. The van der Waals surface area contributed by atoms with Crippen LogP contribution in [-0.2, 0) is 14.3 Å². The van der Waals surface area contributed by atoms with Crippen molar-refractivity contribution < 1.29 is 34.8 Å². The molecule has 0 aliphatic carbocycles. The molecular formula is C10H20N2O7. The second-order valence-electron chi connectivity index (χ2n) is 3.73. The van der Waals surface area contributed by atoms with Gasteiger partial charge in [-0.15, -0.1) is 0 Å². The maximum atomic E-state index is 11.3. The van der Waals surface area contributed by atoms with E-state index >= 15 is 0 Å². The maximum Gasteiger partial charge on any atom is 0.320 e. The summed E-state index contributed by atoms with van der Waals surface area (Å²) >= 11 is 0. The van der Waals surface area contributed by atoms with E-state index in [2.05, 4.69) is 0 Å². The van der Waals surface area contributed by atoms with Crippen LogP contribution in [0.5, 0.6) is 0 Å². The van der Waals surface area contributed by atoms with E-state index in [9.17, 15) is 9.59 Å². The molecule has 0 atom stereocenters. The van der Waals surface area contributed by atoms with Crippen LogP contribution in [0.25, 0.3) is 0 Å². The third-order valence-corrected chi connectivity index (χ3v) is 2.20. The van der Waals surface area contributed by atoms with E-state index in [4.69, 9.17) is 25.2 Å². The van der Waals surface area contributed by atoms with Crippen molar-refractivity contribution in [2.75, 3.05) is 52.9 Å². The molecule has 0 aromatic rings. The van der Waals surface area contributed by atoms with Gasteiger partial charge in [-0.05, 0) is 0 Å². The van der Waals surface area contributed by atoms with Gasteiger partial charge in [-0.1, -0.05) is 0 Å². The summed E-state index contributed by atoms with van der Waals surface area (Å²) in [5.41, 5.74) is 0. The molecule has 0 heterocycles. The zero-order valence-corrected chi connectivity index (χ0v) is 10.6. The Hall–Kier alpha value is -1.26. The smallest absolute Gasteiger partial charge is 0.320 e. The Balaban J connectivity index is 3.90. The number of aliphatic hydroxyl groups excluding tert-OH is 3. The minimum absolute atomic E-state index is 0.0309. The van der Waals surface area contributed by atoms with E-state index in [1.54, 1.807) is 0 Å². The lowest BCUT2D eigenvalue weighted by Gasteiger charge is -2.19. The van der Waals surface area contributed by atoms with E-state index in [-0.39, 0.29) is 39.4 Å². The molecule has 0 saturated carbocycles. The highest BCUT2D eigenvalue weighted by Gasteiger charge is 2.12. The Morgan fingerprint density at radius 1 is 0.947 bits per heavy atom. The SMILES string of the molecule is O=C(O)CN(CCO)CCOC(=O)CN(CO)CO. The number of carbonyl (C=O) groups is 2. The average molecular weight is 280 g/mol. The average Bonchev–Trinajstić information content (AvgIpc) is 2.35. The zero-order chi connectivity index (χ0) is 14.7. The Bertz CT molecular complexity index is 271. The summed E-state index contributed by atoms with van der Waals surface area (Å²) < 4.78 is 4.82. The molecule has 0 amide bonds. The van der Waals surface area contributed by atoms with Gasteiger partial charge in [-0.3, -0.25) is 14.5 Å². The predicted octanol–water partition coefficient (Wildman–Crippen LogP) is -2.89. The predicted molar refractivity (Wildman–Crippen MR) is 63.0 cm³/mol. The first-order valence-electron chi connectivity index (χ1n) is 5.68. The van der Waals surface area contributed by atoms with Crippen LogP contribution < -0.4 is 0 Å². The number of hydrogen-bond donors (Lipinski definition) is 4. The van der Waals surface area contributed by atoms with Gasteiger partial charge in [0, 0.05) is 13.1 Å². The molecule has 0 aromatic heterocycles. The lowest BCUT2D eigenvalue weighted by Crippen LogP contribution is -2.37. The van der Waals surface area contributed by atoms with Crippen LogP contribution in [0.4, 0.5) is 0 Å². The monoisotopic (exact) mass is 280 g/mol. The quantitative estimate of drug-likeness (QED) is 0.232. The number of carboxylic acid groups (broad SMARTS) is 1. The second kappa shape index (κ2) is 10.6. The molecule has 0 aliphatic heterocycles. The standard InChI is InChI=1S/C10H20N2O7/c13-3-1-11(5-9(16)17)2-4-19-10(18)6-12(7-14)8-15/h13-15H,1-8H2,(H,16,17). The fourth-order valence-corrected chi connectivity index (χ4v) is 1.26. The van der Waals surface area contributed by atoms with Gasteiger partial charge in [-0.25, -0.2) is 4.90 Å². The number of carbonyl (C=O) groups excluding carboxylic acids is 1. The minimum atomic E-state index is -1.04. The first kappa shape index (κ1) is 17.7. The number of rotatable bonds is 11. The molecule has 9 nitrogen and oxygen atoms in total. The van der Waals surface area contributed by atoms with Gasteiger partial charge in [0.1, 0.15) is 13.2 Å². The molecule has 19 heavy (non-hydrogen) atoms. The summed E-state index contributed by atoms with van der Waals surface area (Å²) in [6.07, 6.45) is 0. The number of ether oxygens (including phenoxy) is 1. The van der Waals surface area contributed by atoms with Gasteiger partial charge < -0.3 is 25.2 Å². The first-order chi connectivity index (χ1) is 9.03. The topological polar surface area (TPSA) is 131 Å². The van der Waals surface area contributed by atoms with Crippen molar-refractivity contribution in [3.05, 3.63) is 0 Å². The molecule has 9 heteroatoms. The summed E-state index contributed by atoms with van der Waals surface area (Å²) in [5.74, 6) is -1.67. The number of esters is 1. The molecule has 0 rings (SSSR count). The molecule has 112 valence electrons. The number of aliphatic hydroxyl groups is 3. The van der Waals surface area contributed by atoms with Gasteiger partial charge >= 0.3 is 11.9 Å². The van der Waals surface area contributed by atoms with Crippen molar-refractivity contribution in [2.45, 2.75) is 0 Å². The van der Waals surface area contributed by atoms with Crippen LogP contribution in [0.15, 0.2) is 0 Å². The lowest BCUT2D eigenvalue weighted by atomic mass is 10.4. The number of carboxylic acids is 1. The van der Waals surface area contributed by atoms with Gasteiger partial charge in [-0.2, -0.15) is 0 Å². The van der Waals surface area contributed by atoms with Crippen LogP contribution in [-0.4, -0.2) is 95.0 Å². The number of nitrogens with zero attached hydrogens (tertiary/aromatic N) is 2. The summed E-state index contributed by atoms with van der Waals surface area (Å²) in [6.45, 7) is -1.33. The first-order valence-corrected chi connectivity index (χ1v) is 5.68. The van der Waals surface area contributed by atoms with Gasteiger partial charge in [0.05, 0.1) is 26.6 Å². The van der Waals surface area contributed by atoms with E-state index in [0.717, 1.165) is 4.90 Å². The van der Waals surface area contributed by atoms with Crippen molar-refractivity contribution >= 4 is 11.9 Å². The highest BCUT2D eigenvalue weighted by atomic mass is 16.5.